The molecule has 2 heterocycles. The molecule has 3 unspecified atom stereocenters. The Balaban J connectivity index is 1.23. The Morgan fingerprint density at radius 1 is 0.696 bits per heavy atom. The second kappa shape index (κ2) is 25.2. The summed E-state index contributed by atoms with van der Waals surface area (Å²) in [6.07, 6.45) is 13.9. The molecule has 2 aliphatic rings. The summed E-state index contributed by atoms with van der Waals surface area (Å²) in [4.78, 5) is 3.31. The van der Waals surface area contributed by atoms with Crippen LogP contribution in [-0.4, -0.2) is 50.0 Å². The van der Waals surface area contributed by atoms with E-state index in [9.17, 15) is 5.53 Å². The lowest BCUT2D eigenvalue weighted by molar-refractivity contribution is -0.343. The van der Waals surface area contributed by atoms with Gasteiger partial charge in [0.15, 0.2) is 12.6 Å². The standard InChI is InChI=1S/C47H67N3O6/c1-4-5-6-7-8-9-10-11-12-13-14-24-31-42(51-32-38-25-18-15-19-26-38)45(52-33-39-27-20-16-21-28-39)41(49-50-48)34-53-46-37(3)36(2)44-43(55-46)35-54-47(56-44)40-29-22-17-23-30-40/h15-23,25-30,36-37,41-47H,4-14,24,31-35H2,1-3H3/t36-,37?,41+,42-,43?,44-,45+,46+,47?/m1/s1. The van der Waals surface area contributed by atoms with Crippen LogP contribution in [0, 0.1) is 11.8 Å². The van der Waals surface area contributed by atoms with Crippen LogP contribution in [0.1, 0.15) is 127 Å². The molecule has 306 valence electrons. The van der Waals surface area contributed by atoms with E-state index in [0.29, 0.717) is 19.8 Å². The summed E-state index contributed by atoms with van der Waals surface area (Å²) < 4.78 is 39.1. The third-order valence-electron chi connectivity index (χ3n) is 11.5. The lowest BCUT2D eigenvalue weighted by Crippen LogP contribution is -2.56. The summed E-state index contributed by atoms with van der Waals surface area (Å²) in [5.41, 5.74) is 13.0. The second-order valence-corrected chi connectivity index (χ2v) is 15.8. The molecule has 9 heteroatoms. The zero-order chi connectivity index (χ0) is 39.2. The molecule has 9 nitrogen and oxygen atoms in total. The van der Waals surface area contributed by atoms with E-state index in [2.05, 4.69) is 42.9 Å². The number of benzene rings is 3. The van der Waals surface area contributed by atoms with E-state index in [1.807, 2.05) is 78.9 Å². The fraction of sp³-hybridized carbons (Fsp3) is 0.617. The van der Waals surface area contributed by atoms with Crippen LogP contribution in [0.15, 0.2) is 96.1 Å². The van der Waals surface area contributed by atoms with Crippen molar-refractivity contribution in [2.45, 2.75) is 160 Å². The maximum absolute atomic E-state index is 9.90. The summed E-state index contributed by atoms with van der Waals surface area (Å²) in [7, 11) is 0. The van der Waals surface area contributed by atoms with Gasteiger partial charge in [0.25, 0.3) is 0 Å². The molecule has 0 N–H and O–H groups in total. The molecule has 9 atom stereocenters. The third-order valence-corrected chi connectivity index (χ3v) is 11.5. The number of fused-ring (bicyclic) bond motifs is 1. The van der Waals surface area contributed by atoms with Gasteiger partial charge in [-0.3, -0.25) is 0 Å². The fourth-order valence-electron chi connectivity index (χ4n) is 7.94. The SMILES string of the molecule is CCCCCCCCCCCCCC[C@@H](OCc1ccccc1)[C@@H](OCc1ccccc1)[C@H](CO[C@H]1OC2COC(c3ccccc3)O[C@@H]2[C@H](C)C1C)N=[N+]=[N-]. The Morgan fingerprint density at radius 3 is 1.84 bits per heavy atom. The van der Waals surface area contributed by atoms with E-state index >= 15 is 0 Å². The third kappa shape index (κ3) is 14.3. The van der Waals surface area contributed by atoms with Crippen LogP contribution in [-0.2, 0) is 41.6 Å². The van der Waals surface area contributed by atoms with Gasteiger partial charge in [0.2, 0.25) is 0 Å². The van der Waals surface area contributed by atoms with Crippen LogP contribution >= 0.6 is 0 Å². The monoisotopic (exact) mass is 770 g/mol. The Hall–Kier alpha value is -3.27. The molecule has 3 aromatic carbocycles. The smallest absolute Gasteiger partial charge is 0.184 e. The van der Waals surface area contributed by atoms with E-state index in [-0.39, 0.29) is 36.8 Å². The van der Waals surface area contributed by atoms with Crippen LogP contribution < -0.4 is 0 Å². The minimum atomic E-state index is -0.646. The fourth-order valence-corrected chi connectivity index (χ4v) is 7.94. The number of hydrogen-bond donors (Lipinski definition) is 0. The van der Waals surface area contributed by atoms with E-state index in [1.54, 1.807) is 0 Å². The lowest BCUT2D eigenvalue weighted by atomic mass is 9.84. The lowest BCUT2D eigenvalue weighted by Gasteiger charge is -2.48. The minimum Gasteiger partial charge on any atom is -0.371 e. The first kappa shape index (κ1) is 43.8. The van der Waals surface area contributed by atoms with Gasteiger partial charge in [0.05, 0.1) is 50.8 Å². The van der Waals surface area contributed by atoms with Crippen molar-refractivity contribution in [3.8, 4) is 0 Å². The number of unbranched alkanes of at least 4 members (excludes halogenated alkanes) is 11. The van der Waals surface area contributed by atoms with Gasteiger partial charge in [-0.15, -0.1) is 0 Å². The number of hydrogen-bond acceptors (Lipinski definition) is 7. The zero-order valence-electron chi connectivity index (χ0n) is 34.2. The topological polar surface area (TPSA) is 104 Å². The zero-order valence-corrected chi connectivity index (χ0v) is 34.2. The molecule has 2 aliphatic heterocycles. The number of ether oxygens (including phenoxy) is 6. The van der Waals surface area contributed by atoms with Crippen LogP contribution in [0.2, 0.25) is 0 Å². The van der Waals surface area contributed by atoms with Crippen molar-refractivity contribution >= 4 is 0 Å². The van der Waals surface area contributed by atoms with Gasteiger partial charge in [-0.05, 0) is 29.0 Å². The number of azide groups is 1. The summed E-state index contributed by atoms with van der Waals surface area (Å²) >= 11 is 0. The van der Waals surface area contributed by atoms with Gasteiger partial charge in [-0.1, -0.05) is 194 Å². The van der Waals surface area contributed by atoms with Crippen molar-refractivity contribution in [3.63, 3.8) is 0 Å². The molecule has 56 heavy (non-hydrogen) atoms. The summed E-state index contributed by atoms with van der Waals surface area (Å²) in [6.45, 7) is 7.92. The van der Waals surface area contributed by atoms with Crippen LogP contribution in [0.3, 0.4) is 0 Å². The van der Waals surface area contributed by atoms with Gasteiger partial charge in [-0.25, -0.2) is 0 Å². The van der Waals surface area contributed by atoms with Crippen molar-refractivity contribution in [1.82, 2.24) is 0 Å². The molecule has 2 fully saturated rings. The van der Waals surface area contributed by atoms with E-state index in [0.717, 1.165) is 36.0 Å². The average molecular weight is 770 g/mol. The van der Waals surface area contributed by atoms with Gasteiger partial charge in [-0.2, -0.15) is 0 Å². The van der Waals surface area contributed by atoms with E-state index in [1.165, 1.54) is 64.2 Å². The van der Waals surface area contributed by atoms with Gasteiger partial charge in [0.1, 0.15) is 6.10 Å². The van der Waals surface area contributed by atoms with Gasteiger partial charge < -0.3 is 28.4 Å². The Labute approximate surface area is 336 Å². The van der Waals surface area contributed by atoms with Gasteiger partial charge in [0, 0.05) is 16.4 Å². The van der Waals surface area contributed by atoms with Crippen molar-refractivity contribution < 1.29 is 28.4 Å². The van der Waals surface area contributed by atoms with Crippen LogP contribution in [0.25, 0.3) is 10.4 Å². The van der Waals surface area contributed by atoms with Crippen molar-refractivity contribution in [3.05, 3.63) is 118 Å². The predicted octanol–water partition coefficient (Wildman–Crippen LogP) is 12.1. The maximum Gasteiger partial charge on any atom is 0.184 e. The molecule has 0 amide bonds. The van der Waals surface area contributed by atoms with Crippen molar-refractivity contribution in [2.75, 3.05) is 13.2 Å². The summed E-state index contributed by atoms with van der Waals surface area (Å²) in [6, 6.07) is 29.7. The molecule has 0 aromatic heterocycles. The highest BCUT2D eigenvalue weighted by molar-refractivity contribution is 5.17. The second-order valence-electron chi connectivity index (χ2n) is 15.8. The highest BCUT2D eigenvalue weighted by atomic mass is 16.7. The van der Waals surface area contributed by atoms with E-state index < -0.39 is 24.7 Å². The predicted molar refractivity (Wildman–Crippen MR) is 222 cm³/mol. The average Bonchev–Trinajstić information content (AvgIpc) is 3.24. The molecule has 0 bridgehead atoms. The molecule has 0 aliphatic carbocycles. The Bertz CT molecular complexity index is 1510. The first-order valence-electron chi connectivity index (χ1n) is 21.5. The molecule has 0 radical (unpaired) electrons. The van der Waals surface area contributed by atoms with E-state index in [4.69, 9.17) is 28.4 Å². The molecular weight excluding hydrogens is 703 g/mol. The molecule has 5 rings (SSSR count). The van der Waals surface area contributed by atoms with Gasteiger partial charge >= 0.3 is 0 Å². The Kier molecular flexibility index (Phi) is 19.7. The van der Waals surface area contributed by atoms with Crippen molar-refractivity contribution in [1.29, 1.82) is 0 Å². The number of rotatable bonds is 26. The van der Waals surface area contributed by atoms with Crippen LogP contribution in [0.4, 0.5) is 0 Å². The molecule has 0 spiro atoms. The normalized spacial score (nSPS) is 23.8. The highest BCUT2D eigenvalue weighted by Crippen LogP contribution is 2.40. The number of nitrogens with zero attached hydrogens (tertiary/aromatic N) is 3. The quantitative estimate of drug-likeness (QED) is 0.0348. The summed E-state index contributed by atoms with van der Waals surface area (Å²) in [5.74, 6) is 0.164. The molecule has 0 saturated carbocycles. The van der Waals surface area contributed by atoms with Crippen molar-refractivity contribution in [2.24, 2.45) is 17.0 Å². The molecule has 2 saturated heterocycles. The minimum absolute atomic E-state index is 0.0207. The maximum atomic E-state index is 9.90. The highest BCUT2D eigenvalue weighted by Gasteiger charge is 2.47. The molecular formula is C47H67N3O6. The molecule has 3 aromatic rings. The Morgan fingerprint density at radius 2 is 1.25 bits per heavy atom. The first-order valence-corrected chi connectivity index (χ1v) is 21.5. The first-order chi connectivity index (χ1) is 27.6. The largest absolute Gasteiger partial charge is 0.371 e. The van der Waals surface area contributed by atoms with Crippen LogP contribution in [0.5, 0.6) is 0 Å². The summed E-state index contributed by atoms with van der Waals surface area (Å²) in [5, 5.41) is 4.32.